The Bertz CT molecular complexity index is 1500. The van der Waals surface area contributed by atoms with E-state index in [2.05, 4.69) is 106 Å². The Balaban J connectivity index is 4.43. The highest BCUT2D eigenvalue weighted by Crippen LogP contribution is 2.16. The number of hydrogen-bond acceptors (Lipinski definition) is 6. The van der Waals surface area contributed by atoms with Crippen LogP contribution in [0.2, 0.25) is 0 Å². The monoisotopic (exact) mass is 1100 g/mol. The number of unbranched alkanes of at least 4 members (excludes halogenated alkanes) is 37. The van der Waals surface area contributed by atoms with E-state index in [-0.39, 0.29) is 31.1 Å². The highest BCUT2D eigenvalue weighted by atomic mass is 16.6. The van der Waals surface area contributed by atoms with Gasteiger partial charge in [0.2, 0.25) is 0 Å². The van der Waals surface area contributed by atoms with Gasteiger partial charge in [-0.1, -0.05) is 286 Å². The van der Waals surface area contributed by atoms with Crippen molar-refractivity contribution in [3.8, 4) is 0 Å². The SMILES string of the molecule is CCCCCCC/C=C\C/C=C\C/C=C\CCCCCCCCC(=O)OCC(COC(=O)CCCCCCCCCCC/C=C\CCCCCCCC)OC(=O)CCCCCCCC/C=C\C/C=C\C/C=C\CCCCCCC. The molecule has 0 amide bonds. The van der Waals surface area contributed by atoms with E-state index in [1.54, 1.807) is 0 Å². The summed E-state index contributed by atoms with van der Waals surface area (Å²) >= 11 is 0. The van der Waals surface area contributed by atoms with E-state index in [4.69, 9.17) is 14.2 Å². The maximum atomic E-state index is 12.9. The molecule has 0 rings (SSSR count). The van der Waals surface area contributed by atoms with Gasteiger partial charge in [-0.3, -0.25) is 14.4 Å². The second-order valence-electron chi connectivity index (χ2n) is 22.7. The molecular formula is C73H128O6. The first-order valence-electron chi connectivity index (χ1n) is 34.1. The van der Waals surface area contributed by atoms with Gasteiger partial charge in [0.15, 0.2) is 6.10 Å². The van der Waals surface area contributed by atoms with Crippen molar-refractivity contribution < 1.29 is 28.6 Å². The van der Waals surface area contributed by atoms with Crippen molar-refractivity contribution >= 4 is 17.9 Å². The number of rotatable bonds is 62. The molecule has 0 fully saturated rings. The predicted molar refractivity (Wildman–Crippen MR) is 344 cm³/mol. The predicted octanol–water partition coefficient (Wildman–Crippen LogP) is 23.4. The third-order valence-electron chi connectivity index (χ3n) is 14.8. The number of carbonyl (C=O) groups is 3. The normalized spacial score (nSPS) is 12.6. The van der Waals surface area contributed by atoms with Crippen molar-refractivity contribution in [1.29, 1.82) is 0 Å². The zero-order valence-corrected chi connectivity index (χ0v) is 52.4. The fraction of sp³-hybridized carbons (Fsp3) is 0.767. The number of carbonyl (C=O) groups excluding carboxylic acids is 3. The van der Waals surface area contributed by atoms with E-state index in [0.29, 0.717) is 19.3 Å². The molecule has 0 radical (unpaired) electrons. The molecule has 0 heterocycles. The summed E-state index contributed by atoms with van der Waals surface area (Å²) in [6, 6.07) is 0. The first kappa shape index (κ1) is 75.6. The Labute approximate surface area is 490 Å². The average molecular weight is 1100 g/mol. The third kappa shape index (κ3) is 65.3. The first-order chi connectivity index (χ1) is 39.0. The molecule has 1 atom stereocenters. The Kier molecular flexibility index (Phi) is 64.2. The molecule has 0 aliphatic heterocycles. The zero-order valence-electron chi connectivity index (χ0n) is 52.4. The van der Waals surface area contributed by atoms with E-state index < -0.39 is 6.10 Å². The summed E-state index contributed by atoms with van der Waals surface area (Å²) in [6.07, 6.45) is 88.7. The van der Waals surface area contributed by atoms with E-state index in [1.165, 1.54) is 199 Å². The Morgan fingerprint density at radius 2 is 0.456 bits per heavy atom. The molecule has 0 N–H and O–H groups in total. The van der Waals surface area contributed by atoms with Gasteiger partial charge in [-0.05, 0) is 122 Å². The highest BCUT2D eigenvalue weighted by molar-refractivity contribution is 5.71. The van der Waals surface area contributed by atoms with Gasteiger partial charge in [-0.15, -0.1) is 0 Å². The fourth-order valence-corrected chi connectivity index (χ4v) is 9.69. The summed E-state index contributed by atoms with van der Waals surface area (Å²) in [4.78, 5) is 38.4. The summed E-state index contributed by atoms with van der Waals surface area (Å²) in [5.74, 6) is -0.899. The number of allylic oxidation sites excluding steroid dienone is 14. The van der Waals surface area contributed by atoms with E-state index in [9.17, 15) is 14.4 Å². The van der Waals surface area contributed by atoms with E-state index in [1.807, 2.05) is 0 Å². The van der Waals surface area contributed by atoms with Crippen LogP contribution < -0.4 is 0 Å². The molecule has 0 spiro atoms. The summed E-state index contributed by atoms with van der Waals surface area (Å²) in [6.45, 7) is 6.63. The van der Waals surface area contributed by atoms with Crippen molar-refractivity contribution in [3.05, 3.63) is 85.1 Å². The molecule has 0 aromatic heterocycles. The lowest BCUT2D eigenvalue weighted by Gasteiger charge is -2.18. The van der Waals surface area contributed by atoms with E-state index >= 15 is 0 Å². The molecule has 0 saturated heterocycles. The van der Waals surface area contributed by atoms with Gasteiger partial charge >= 0.3 is 17.9 Å². The maximum Gasteiger partial charge on any atom is 0.306 e. The third-order valence-corrected chi connectivity index (χ3v) is 14.8. The lowest BCUT2D eigenvalue weighted by Crippen LogP contribution is -2.30. The molecular weight excluding hydrogens is 973 g/mol. The Morgan fingerprint density at radius 3 is 0.722 bits per heavy atom. The second kappa shape index (κ2) is 67.1. The summed E-state index contributed by atoms with van der Waals surface area (Å²) in [7, 11) is 0. The summed E-state index contributed by atoms with van der Waals surface area (Å²) in [5, 5.41) is 0. The molecule has 0 aromatic carbocycles. The molecule has 0 aliphatic carbocycles. The Morgan fingerprint density at radius 1 is 0.253 bits per heavy atom. The van der Waals surface area contributed by atoms with E-state index in [0.717, 1.165) is 103 Å². The van der Waals surface area contributed by atoms with Gasteiger partial charge in [0.1, 0.15) is 13.2 Å². The lowest BCUT2D eigenvalue weighted by atomic mass is 10.1. The summed E-state index contributed by atoms with van der Waals surface area (Å²) < 4.78 is 17.0. The molecule has 456 valence electrons. The van der Waals surface area contributed by atoms with Gasteiger partial charge in [-0.25, -0.2) is 0 Å². The summed E-state index contributed by atoms with van der Waals surface area (Å²) in [5.41, 5.74) is 0. The Hall–Kier alpha value is -3.41. The lowest BCUT2D eigenvalue weighted by molar-refractivity contribution is -0.167. The minimum Gasteiger partial charge on any atom is -0.462 e. The van der Waals surface area contributed by atoms with Gasteiger partial charge in [-0.2, -0.15) is 0 Å². The van der Waals surface area contributed by atoms with Gasteiger partial charge in [0.05, 0.1) is 0 Å². The number of esters is 3. The molecule has 0 bridgehead atoms. The largest absolute Gasteiger partial charge is 0.462 e. The molecule has 0 saturated carbocycles. The molecule has 79 heavy (non-hydrogen) atoms. The van der Waals surface area contributed by atoms with Crippen molar-refractivity contribution in [2.75, 3.05) is 13.2 Å². The molecule has 6 nitrogen and oxygen atoms in total. The van der Waals surface area contributed by atoms with Crippen molar-refractivity contribution in [2.45, 2.75) is 348 Å². The van der Waals surface area contributed by atoms with Gasteiger partial charge < -0.3 is 14.2 Å². The van der Waals surface area contributed by atoms with Crippen molar-refractivity contribution in [1.82, 2.24) is 0 Å². The van der Waals surface area contributed by atoms with Crippen LogP contribution in [0.1, 0.15) is 342 Å². The van der Waals surface area contributed by atoms with Crippen LogP contribution in [0.3, 0.4) is 0 Å². The smallest absolute Gasteiger partial charge is 0.306 e. The van der Waals surface area contributed by atoms with Crippen LogP contribution in [0.15, 0.2) is 85.1 Å². The van der Waals surface area contributed by atoms with Crippen molar-refractivity contribution in [2.24, 2.45) is 0 Å². The fourth-order valence-electron chi connectivity index (χ4n) is 9.69. The van der Waals surface area contributed by atoms with Crippen LogP contribution in [0, 0.1) is 0 Å². The quantitative estimate of drug-likeness (QED) is 0.0261. The maximum absolute atomic E-state index is 12.9. The number of hydrogen-bond donors (Lipinski definition) is 0. The highest BCUT2D eigenvalue weighted by Gasteiger charge is 2.19. The van der Waals surface area contributed by atoms with Gasteiger partial charge in [0.25, 0.3) is 0 Å². The minimum atomic E-state index is -0.793. The molecule has 0 aliphatic rings. The van der Waals surface area contributed by atoms with Crippen LogP contribution in [-0.4, -0.2) is 37.2 Å². The van der Waals surface area contributed by atoms with Crippen LogP contribution in [0.5, 0.6) is 0 Å². The average Bonchev–Trinajstić information content (AvgIpc) is 3.45. The number of ether oxygens (including phenoxy) is 3. The zero-order chi connectivity index (χ0) is 57.1. The van der Waals surface area contributed by atoms with Crippen LogP contribution in [-0.2, 0) is 28.6 Å². The first-order valence-corrected chi connectivity index (χ1v) is 34.1. The second-order valence-corrected chi connectivity index (χ2v) is 22.7. The van der Waals surface area contributed by atoms with Crippen LogP contribution >= 0.6 is 0 Å². The molecule has 0 aromatic rings. The van der Waals surface area contributed by atoms with Crippen LogP contribution in [0.4, 0.5) is 0 Å². The van der Waals surface area contributed by atoms with Crippen LogP contribution in [0.25, 0.3) is 0 Å². The minimum absolute atomic E-state index is 0.0863. The van der Waals surface area contributed by atoms with Gasteiger partial charge in [0, 0.05) is 19.3 Å². The standard InChI is InChI=1S/C73H128O6/c1-4-7-10-13-16-19-22-25-28-31-34-36-39-42-45-48-51-54-57-60-63-66-72(75)78-69-70(68-77-71(74)65-62-59-56-53-50-47-44-41-38-33-30-27-24-21-18-15-12-9-6-3)79-73(76)67-64-61-58-55-52-49-46-43-40-37-35-32-29-26-23-20-17-14-11-8-5-2/h22-23,25-27,30-32,34-35,39-40,42-43,70H,4-21,24,28-29,33,36-38,41,44-69H2,1-3H3/b25-22-,26-23-,30-27-,34-31-,35-32-,42-39-,43-40-. The van der Waals surface area contributed by atoms with Crippen molar-refractivity contribution in [3.63, 3.8) is 0 Å². The molecule has 1 unspecified atom stereocenters. The topological polar surface area (TPSA) is 78.9 Å². The molecule has 6 heteroatoms.